The molecule has 0 fully saturated rings. The second-order valence-electron chi connectivity index (χ2n) is 7.92. The number of hydrogen-bond acceptors (Lipinski definition) is 7. The van der Waals surface area contributed by atoms with Crippen molar-refractivity contribution >= 4 is 12.9 Å². The quantitative estimate of drug-likeness (QED) is 0.321. The average molecular weight is 493 g/mol. The minimum atomic E-state index is -0.250. The molecule has 1 unspecified atom stereocenters. The molecule has 0 bridgehead atoms. The summed E-state index contributed by atoms with van der Waals surface area (Å²) >= 11 is 0. The van der Waals surface area contributed by atoms with Gasteiger partial charge in [-0.2, -0.15) is 0 Å². The zero-order valence-corrected chi connectivity index (χ0v) is 21.4. The number of hydrogen-bond donors (Lipinski definition) is 2. The highest BCUT2D eigenvalue weighted by atomic mass is 16.5. The van der Waals surface area contributed by atoms with Gasteiger partial charge in [-0.15, -0.1) is 0 Å². The van der Waals surface area contributed by atoms with E-state index in [2.05, 4.69) is 61.2 Å². The third-order valence-corrected chi connectivity index (χ3v) is 4.88. The summed E-state index contributed by atoms with van der Waals surface area (Å²) in [7, 11) is 7.61. The number of benzene rings is 2. The SMILES string of the molecule is COCC(C)N(Cc1ccc(OC)cc1)Cc1cccc(OCCCN(C)C)c1.O=CO.O=CO. The Bertz CT molecular complexity index is 795. The van der Waals surface area contributed by atoms with Gasteiger partial charge in [0.1, 0.15) is 11.5 Å². The zero-order valence-electron chi connectivity index (χ0n) is 21.4. The van der Waals surface area contributed by atoms with Crippen LogP contribution < -0.4 is 9.47 Å². The first-order valence-corrected chi connectivity index (χ1v) is 11.2. The Balaban J connectivity index is 0.00000174. The molecular formula is C26H40N2O7. The molecule has 2 rings (SSSR count). The molecule has 0 aliphatic heterocycles. The fourth-order valence-electron chi connectivity index (χ4n) is 3.22. The summed E-state index contributed by atoms with van der Waals surface area (Å²) < 4.78 is 16.6. The van der Waals surface area contributed by atoms with Crippen molar-refractivity contribution in [3.63, 3.8) is 0 Å². The van der Waals surface area contributed by atoms with E-state index < -0.39 is 0 Å². The van der Waals surface area contributed by atoms with Crippen LogP contribution in [-0.2, 0) is 27.4 Å². The molecule has 2 aromatic rings. The summed E-state index contributed by atoms with van der Waals surface area (Å²) in [4.78, 5) is 21.3. The van der Waals surface area contributed by atoms with Crippen LogP contribution in [0.3, 0.4) is 0 Å². The number of rotatable bonds is 13. The molecule has 2 N–H and O–H groups in total. The van der Waals surface area contributed by atoms with Crippen LogP contribution in [0.4, 0.5) is 0 Å². The molecule has 2 aromatic carbocycles. The van der Waals surface area contributed by atoms with E-state index >= 15 is 0 Å². The molecule has 35 heavy (non-hydrogen) atoms. The minimum absolute atomic E-state index is 0.250. The second kappa shape index (κ2) is 20.3. The number of methoxy groups -OCH3 is 2. The van der Waals surface area contributed by atoms with E-state index in [-0.39, 0.29) is 12.9 Å². The number of ether oxygens (including phenoxy) is 3. The van der Waals surface area contributed by atoms with E-state index in [9.17, 15) is 0 Å². The predicted molar refractivity (Wildman–Crippen MR) is 136 cm³/mol. The smallest absolute Gasteiger partial charge is 0.290 e. The van der Waals surface area contributed by atoms with Crippen molar-refractivity contribution in [3.05, 3.63) is 59.7 Å². The Morgan fingerprint density at radius 2 is 1.51 bits per heavy atom. The van der Waals surface area contributed by atoms with Gasteiger partial charge in [0.2, 0.25) is 0 Å². The van der Waals surface area contributed by atoms with Crippen molar-refractivity contribution in [2.45, 2.75) is 32.5 Å². The van der Waals surface area contributed by atoms with Crippen LogP contribution in [0.1, 0.15) is 24.5 Å². The highest BCUT2D eigenvalue weighted by Crippen LogP contribution is 2.19. The topological polar surface area (TPSA) is 109 Å². The maximum atomic E-state index is 8.36. The van der Waals surface area contributed by atoms with Crippen molar-refractivity contribution in [1.82, 2.24) is 9.80 Å². The van der Waals surface area contributed by atoms with E-state index in [1.165, 1.54) is 11.1 Å². The minimum Gasteiger partial charge on any atom is -0.497 e. The maximum absolute atomic E-state index is 8.36. The summed E-state index contributed by atoms with van der Waals surface area (Å²) in [5.41, 5.74) is 2.50. The van der Waals surface area contributed by atoms with Crippen molar-refractivity contribution in [2.24, 2.45) is 0 Å². The summed E-state index contributed by atoms with van der Waals surface area (Å²) in [6, 6.07) is 17.0. The van der Waals surface area contributed by atoms with Gasteiger partial charge in [-0.1, -0.05) is 24.3 Å². The first kappa shape index (κ1) is 31.9. The summed E-state index contributed by atoms with van der Waals surface area (Å²) in [5, 5.41) is 13.8. The fourth-order valence-corrected chi connectivity index (χ4v) is 3.22. The molecule has 0 aliphatic carbocycles. The number of nitrogens with zero attached hydrogens (tertiary/aromatic N) is 2. The molecule has 9 nitrogen and oxygen atoms in total. The van der Waals surface area contributed by atoms with Crippen LogP contribution in [0.2, 0.25) is 0 Å². The number of carboxylic acid groups (broad SMARTS) is 2. The van der Waals surface area contributed by atoms with Crippen molar-refractivity contribution in [2.75, 3.05) is 48.1 Å². The largest absolute Gasteiger partial charge is 0.497 e. The summed E-state index contributed by atoms with van der Waals surface area (Å²) in [6.45, 7) is 5.85. The van der Waals surface area contributed by atoms with Crippen LogP contribution >= 0.6 is 0 Å². The first-order chi connectivity index (χ1) is 16.8. The van der Waals surface area contributed by atoms with Gasteiger partial charge in [0.25, 0.3) is 12.9 Å². The Kier molecular flexibility index (Phi) is 18.4. The fraction of sp³-hybridized carbons (Fsp3) is 0.462. The van der Waals surface area contributed by atoms with Crippen LogP contribution in [0.15, 0.2) is 48.5 Å². The first-order valence-electron chi connectivity index (χ1n) is 11.2. The van der Waals surface area contributed by atoms with E-state index in [1.54, 1.807) is 14.2 Å². The molecule has 0 amide bonds. The molecule has 196 valence electrons. The normalized spacial score (nSPS) is 10.9. The van der Waals surface area contributed by atoms with Crippen LogP contribution in [0, 0.1) is 0 Å². The van der Waals surface area contributed by atoms with Gasteiger partial charge in [-0.25, -0.2) is 0 Å². The van der Waals surface area contributed by atoms with E-state index in [1.807, 2.05) is 18.2 Å². The lowest BCUT2D eigenvalue weighted by Crippen LogP contribution is -2.35. The van der Waals surface area contributed by atoms with Gasteiger partial charge in [-0.05, 0) is 62.8 Å². The molecule has 0 saturated carbocycles. The molecule has 0 spiro atoms. The van der Waals surface area contributed by atoms with E-state index in [0.717, 1.165) is 44.2 Å². The van der Waals surface area contributed by atoms with Gasteiger partial charge in [-0.3, -0.25) is 14.5 Å². The van der Waals surface area contributed by atoms with Gasteiger partial charge in [0, 0.05) is 32.8 Å². The molecule has 0 radical (unpaired) electrons. The van der Waals surface area contributed by atoms with Gasteiger partial charge in [0.05, 0.1) is 20.3 Å². The molecule has 0 heterocycles. The molecule has 0 saturated heterocycles. The van der Waals surface area contributed by atoms with Crippen molar-refractivity contribution in [1.29, 1.82) is 0 Å². The second-order valence-corrected chi connectivity index (χ2v) is 7.92. The Morgan fingerprint density at radius 1 is 0.914 bits per heavy atom. The molecule has 9 heteroatoms. The third-order valence-electron chi connectivity index (χ3n) is 4.88. The molecular weight excluding hydrogens is 452 g/mol. The lowest BCUT2D eigenvalue weighted by Gasteiger charge is -2.29. The van der Waals surface area contributed by atoms with Crippen LogP contribution in [0.5, 0.6) is 11.5 Å². The molecule has 0 aromatic heterocycles. The van der Waals surface area contributed by atoms with Crippen molar-refractivity contribution in [3.8, 4) is 11.5 Å². The van der Waals surface area contributed by atoms with Gasteiger partial charge < -0.3 is 29.3 Å². The highest BCUT2D eigenvalue weighted by molar-refractivity contribution is 5.33. The van der Waals surface area contributed by atoms with Gasteiger partial charge in [0.15, 0.2) is 0 Å². The number of carbonyl (C=O) groups is 2. The van der Waals surface area contributed by atoms with Crippen LogP contribution in [0.25, 0.3) is 0 Å². The molecule has 1 atom stereocenters. The summed E-state index contributed by atoms with van der Waals surface area (Å²) in [6.07, 6.45) is 1.02. The average Bonchev–Trinajstić information content (AvgIpc) is 2.83. The van der Waals surface area contributed by atoms with Gasteiger partial charge >= 0.3 is 0 Å². The van der Waals surface area contributed by atoms with E-state index in [4.69, 9.17) is 34.0 Å². The standard InChI is InChI=1S/C24H36N2O3.2CH2O2/c1-20(19-27-4)26(17-21-10-12-23(28-5)13-11-21)18-22-8-6-9-24(16-22)29-15-7-14-25(2)3;2*2-1-3/h6,8-13,16,20H,7,14-15,17-19H2,1-5H3;2*1H,(H,2,3). The van der Waals surface area contributed by atoms with Crippen LogP contribution in [-0.4, -0.2) is 87.1 Å². The Morgan fingerprint density at radius 3 is 2.06 bits per heavy atom. The van der Waals surface area contributed by atoms with Crippen molar-refractivity contribution < 1.29 is 34.0 Å². The monoisotopic (exact) mass is 492 g/mol. The highest BCUT2D eigenvalue weighted by Gasteiger charge is 2.15. The lowest BCUT2D eigenvalue weighted by molar-refractivity contribution is -0.123. The Labute approximate surface area is 208 Å². The van der Waals surface area contributed by atoms with E-state index in [0.29, 0.717) is 12.6 Å². The Hall–Kier alpha value is -3.14. The third kappa shape index (κ3) is 15.4. The summed E-state index contributed by atoms with van der Waals surface area (Å²) in [5.74, 6) is 1.81. The lowest BCUT2D eigenvalue weighted by atomic mass is 10.1. The zero-order chi connectivity index (χ0) is 26.5. The molecule has 0 aliphatic rings. The predicted octanol–water partition coefficient (Wildman–Crippen LogP) is 3.46. The maximum Gasteiger partial charge on any atom is 0.290 e.